The minimum Gasteiger partial charge on any atom is -0.507 e. The summed E-state index contributed by atoms with van der Waals surface area (Å²) >= 11 is 0. The fraction of sp³-hybridized carbons (Fsp3) is 0.286. The summed E-state index contributed by atoms with van der Waals surface area (Å²) in [7, 11) is 1.13. The molecule has 2 aromatic carbocycles. The van der Waals surface area contributed by atoms with Gasteiger partial charge in [0.25, 0.3) is 0 Å². The highest BCUT2D eigenvalue weighted by atomic mass is 16.5. The van der Waals surface area contributed by atoms with E-state index in [1.54, 1.807) is 0 Å². The van der Waals surface area contributed by atoms with Gasteiger partial charge in [0.05, 0.1) is 29.9 Å². The van der Waals surface area contributed by atoms with E-state index in [-0.39, 0.29) is 39.8 Å². The van der Waals surface area contributed by atoms with Crippen molar-refractivity contribution in [2.24, 2.45) is 0 Å². The van der Waals surface area contributed by atoms with E-state index < -0.39 is 46.7 Å². The third-order valence-electron chi connectivity index (χ3n) is 5.67. The quantitative estimate of drug-likeness (QED) is 0.450. The van der Waals surface area contributed by atoms with Crippen LogP contribution in [0.2, 0.25) is 0 Å². The van der Waals surface area contributed by atoms with Crippen LogP contribution in [0.25, 0.3) is 0 Å². The van der Waals surface area contributed by atoms with Crippen molar-refractivity contribution in [2.45, 2.75) is 31.0 Å². The number of carbonyl (C=O) groups excluding carboxylic acids is 3. The molecule has 2 aromatic rings. The molecule has 0 amide bonds. The Hall–Kier alpha value is -3.23. The van der Waals surface area contributed by atoms with Gasteiger partial charge in [-0.05, 0) is 24.6 Å². The summed E-state index contributed by atoms with van der Waals surface area (Å²) in [5, 5.41) is 42.2. The van der Waals surface area contributed by atoms with Crippen molar-refractivity contribution >= 4 is 17.5 Å². The first kappa shape index (κ1) is 19.1. The molecule has 29 heavy (non-hydrogen) atoms. The summed E-state index contributed by atoms with van der Waals surface area (Å²) in [6, 6.07) is 5.27. The molecule has 0 saturated carbocycles. The summed E-state index contributed by atoms with van der Waals surface area (Å²) in [6.45, 7) is 1.34. The number of phenolic OH excluding ortho intramolecular Hbond substituents is 2. The molecule has 0 spiro atoms. The van der Waals surface area contributed by atoms with Crippen LogP contribution >= 0.6 is 0 Å². The maximum atomic E-state index is 13.0. The Balaban J connectivity index is 2.05. The zero-order chi connectivity index (χ0) is 21.2. The highest BCUT2D eigenvalue weighted by Gasteiger charge is 2.49. The molecule has 0 fully saturated rings. The predicted octanol–water partition coefficient (Wildman–Crippen LogP) is 1.32. The van der Waals surface area contributed by atoms with E-state index in [0.717, 1.165) is 7.11 Å². The molecule has 2 aliphatic carbocycles. The van der Waals surface area contributed by atoms with Crippen LogP contribution in [0.1, 0.15) is 68.3 Å². The Kier molecular flexibility index (Phi) is 4.04. The van der Waals surface area contributed by atoms with E-state index in [9.17, 15) is 34.8 Å². The molecule has 0 heterocycles. The van der Waals surface area contributed by atoms with E-state index in [1.807, 2.05) is 0 Å². The lowest BCUT2D eigenvalue weighted by Crippen LogP contribution is -2.44. The number of hydrogen-bond donors (Lipinski definition) is 4. The Morgan fingerprint density at radius 1 is 1.14 bits per heavy atom. The Morgan fingerprint density at radius 2 is 1.83 bits per heavy atom. The standard InChI is InChI=1S/C21H18O8/c1-21(28)7-12(23)14-9(16(21)20(27)29-2)6-10-15(19(14)26)18(25)13-8(17(10)24)4-3-5-11(13)22/h3-6,12,16,22-23,26,28H,7H2,1-2H3/t12-,16-,21-/m0/s1. The number of hydrogen-bond acceptors (Lipinski definition) is 8. The smallest absolute Gasteiger partial charge is 0.316 e. The SMILES string of the molecule is COC(=O)[C@@H]1c2cc3c(c(O)c2[C@@H](O)C[C@]1(C)O)C(=O)c1c(O)cccc1C3=O. The molecule has 4 rings (SSSR count). The van der Waals surface area contributed by atoms with Gasteiger partial charge in [0.1, 0.15) is 17.4 Å². The number of aliphatic hydroxyl groups is 2. The Morgan fingerprint density at radius 3 is 2.48 bits per heavy atom. The average molecular weight is 398 g/mol. The maximum Gasteiger partial charge on any atom is 0.316 e. The first-order valence-electron chi connectivity index (χ1n) is 8.89. The van der Waals surface area contributed by atoms with E-state index in [2.05, 4.69) is 0 Å². The van der Waals surface area contributed by atoms with E-state index in [1.165, 1.54) is 31.2 Å². The monoisotopic (exact) mass is 398 g/mol. The van der Waals surface area contributed by atoms with Crippen molar-refractivity contribution in [1.82, 2.24) is 0 Å². The lowest BCUT2D eigenvalue weighted by molar-refractivity contribution is -0.151. The van der Waals surface area contributed by atoms with Crippen molar-refractivity contribution < 1.29 is 39.5 Å². The third-order valence-corrected chi connectivity index (χ3v) is 5.67. The number of benzene rings is 2. The van der Waals surface area contributed by atoms with Gasteiger partial charge >= 0.3 is 5.97 Å². The van der Waals surface area contributed by atoms with Crippen molar-refractivity contribution in [1.29, 1.82) is 0 Å². The number of esters is 1. The van der Waals surface area contributed by atoms with Crippen LogP contribution < -0.4 is 0 Å². The van der Waals surface area contributed by atoms with E-state index in [0.29, 0.717) is 0 Å². The molecule has 0 unspecified atom stereocenters. The number of ketones is 2. The molecular formula is C21H18O8. The van der Waals surface area contributed by atoms with Crippen LogP contribution in [-0.4, -0.2) is 50.7 Å². The first-order valence-corrected chi connectivity index (χ1v) is 8.89. The van der Waals surface area contributed by atoms with E-state index >= 15 is 0 Å². The van der Waals surface area contributed by atoms with Crippen LogP contribution in [0, 0.1) is 0 Å². The molecular weight excluding hydrogens is 380 g/mol. The highest BCUT2D eigenvalue weighted by Crippen LogP contribution is 2.51. The molecule has 0 saturated heterocycles. The lowest BCUT2D eigenvalue weighted by atomic mass is 9.68. The van der Waals surface area contributed by atoms with Gasteiger partial charge in [-0.1, -0.05) is 12.1 Å². The second-order valence-corrected chi connectivity index (χ2v) is 7.54. The zero-order valence-corrected chi connectivity index (χ0v) is 15.6. The summed E-state index contributed by atoms with van der Waals surface area (Å²) in [5.41, 5.74) is -2.62. The van der Waals surface area contributed by atoms with Gasteiger partial charge < -0.3 is 25.2 Å². The van der Waals surface area contributed by atoms with Crippen molar-refractivity contribution in [3.63, 3.8) is 0 Å². The van der Waals surface area contributed by atoms with Gasteiger partial charge in [0, 0.05) is 23.1 Å². The molecule has 0 aliphatic heterocycles. The van der Waals surface area contributed by atoms with Crippen LogP contribution in [0.3, 0.4) is 0 Å². The number of fused-ring (bicyclic) bond motifs is 3. The summed E-state index contributed by atoms with van der Waals surface area (Å²) in [5.74, 6) is -4.55. The topological polar surface area (TPSA) is 141 Å². The highest BCUT2D eigenvalue weighted by molar-refractivity contribution is 6.30. The van der Waals surface area contributed by atoms with Crippen molar-refractivity contribution in [3.05, 3.63) is 57.6 Å². The van der Waals surface area contributed by atoms with Crippen LogP contribution in [-0.2, 0) is 9.53 Å². The second-order valence-electron chi connectivity index (χ2n) is 7.54. The Bertz CT molecular complexity index is 1100. The van der Waals surface area contributed by atoms with Crippen LogP contribution in [0.4, 0.5) is 0 Å². The molecule has 8 heteroatoms. The van der Waals surface area contributed by atoms with Crippen LogP contribution in [0.5, 0.6) is 11.5 Å². The number of phenols is 2. The molecule has 2 aliphatic rings. The molecule has 0 aromatic heterocycles. The van der Waals surface area contributed by atoms with Gasteiger partial charge in [0.2, 0.25) is 5.78 Å². The number of carbonyl (C=O) groups is 3. The summed E-state index contributed by atoms with van der Waals surface area (Å²) < 4.78 is 4.77. The number of methoxy groups -OCH3 is 1. The first-order chi connectivity index (χ1) is 13.6. The number of rotatable bonds is 1. The number of ether oxygens (including phenoxy) is 1. The van der Waals surface area contributed by atoms with Gasteiger partial charge in [-0.2, -0.15) is 0 Å². The second kappa shape index (κ2) is 6.13. The summed E-state index contributed by atoms with van der Waals surface area (Å²) in [6.07, 6.45) is -1.68. The molecule has 3 atom stereocenters. The number of aliphatic hydroxyl groups excluding tert-OH is 1. The fourth-order valence-corrected chi connectivity index (χ4v) is 4.39. The Labute approximate surface area is 165 Å². The summed E-state index contributed by atoms with van der Waals surface area (Å²) in [4.78, 5) is 38.4. The van der Waals surface area contributed by atoms with Gasteiger partial charge in [-0.25, -0.2) is 0 Å². The van der Waals surface area contributed by atoms with Gasteiger partial charge in [0.15, 0.2) is 5.78 Å². The molecule has 0 bridgehead atoms. The number of aromatic hydroxyl groups is 2. The molecule has 4 N–H and O–H groups in total. The fourth-order valence-electron chi connectivity index (χ4n) is 4.39. The van der Waals surface area contributed by atoms with Crippen molar-refractivity contribution in [3.8, 4) is 11.5 Å². The maximum absolute atomic E-state index is 13.0. The molecule has 8 nitrogen and oxygen atoms in total. The molecule has 0 radical (unpaired) electrons. The zero-order valence-electron chi connectivity index (χ0n) is 15.6. The van der Waals surface area contributed by atoms with Gasteiger partial charge in [-0.3, -0.25) is 14.4 Å². The predicted molar refractivity (Wildman–Crippen MR) is 98.0 cm³/mol. The normalized spacial score (nSPS) is 25.1. The molecule has 150 valence electrons. The minimum atomic E-state index is -1.71. The van der Waals surface area contributed by atoms with E-state index in [4.69, 9.17) is 4.74 Å². The minimum absolute atomic E-state index is 0.0154. The lowest BCUT2D eigenvalue weighted by Gasteiger charge is -2.40. The van der Waals surface area contributed by atoms with Crippen LogP contribution in [0.15, 0.2) is 24.3 Å². The van der Waals surface area contributed by atoms with Gasteiger partial charge in [-0.15, -0.1) is 0 Å². The average Bonchev–Trinajstić information content (AvgIpc) is 2.64. The largest absolute Gasteiger partial charge is 0.507 e. The van der Waals surface area contributed by atoms with Crippen molar-refractivity contribution in [2.75, 3.05) is 7.11 Å². The third kappa shape index (κ3) is 2.49.